The van der Waals surface area contributed by atoms with E-state index in [0.717, 1.165) is 5.56 Å². The Bertz CT molecular complexity index is 697. The topological polar surface area (TPSA) is 31.6 Å². The molecule has 0 aliphatic heterocycles. The number of benzene rings is 1. The van der Waals surface area contributed by atoms with E-state index < -0.39 is 12.1 Å². The molecule has 0 aliphatic rings. The molecule has 2 N–H and O–H groups in total. The van der Waals surface area contributed by atoms with Crippen molar-refractivity contribution in [3.05, 3.63) is 72.2 Å². The number of alkyl halides is 3. The molecule has 1 aromatic carbocycles. The fraction of sp³-hybridized carbons (Fsp3) is 0.125. The molecule has 0 spiro atoms. The monoisotopic (exact) mass is 290 g/mol. The summed E-state index contributed by atoms with van der Waals surface area (Å²) in [6.07, 6.45) is -2.86. The smallest absolute Gasteiger partial charge is 0.364 e. The third-order valence-corrected chi connectivity index (χ3v) is 3.36. The molecule has 0 bridgehead atoms. The van der Waals surface area contributed by atoms with Crippen LogP contribution < -0.4 is 0 Å². The van der Waals surface area contributed by atoms with Gasteiger partial charge in [0.05, 0.1) is 0 Å². The molecule has 1 unspecified atom stereocenters. The summed E-state index contributed by atoms with van der Waals surface area (Å²) in [5, 5.41) is 0. The molecule has 0 radical (unpaired) electrons. The molecule has 1 atom stereocenters. The third kappa shape index (κ3) is 2.72. The fourth-order valence-corrected chi connectivity index (χ4v) is 2.41. The first-order chi connectivity index (χ1) is 10.1. The zero-order chi connectivity index (χ0) is 14.9. The number of halogens is 3. The van der Waals surface area contributed by atoms with E-state index in [4.69, 9.17) is 0 Å². The van der Waals surface area contributed by atoms with Gasteiger partial charge in [0.1, 0.15) is 5.92 Å². The lowest BCUT2D eigenvalue weighted by Crippen LogP contribution is -2.22. The molecule has 3 aromatic rings. The van der Waals surface area contributed by atoms with Gasteiger partial charge in [0.15, 0.2) is 0 Å². The SMILES string of the molecule is FC(F)(F)C(c1ccc[nH]1)c1ccc(-c2ccccc2)[nH]1. The first kappa shape index (κ1) is 13.5. The van der Waals surface area contributed by atoms with Gasteiger partial charge in [-0.3, -0.25) is 0 Å². The van der Waals surface area contributed by atoms with Crippen molar-refractivity contribution in [1.82, 2.24) is 9.97 Å². The average molecular weight is 290 g/mol. The number of H-pyrrole nitrogens is 2. The van der Waals surface area contributed by atoms with Crippen LogP contribution in [0.2, 0.25) is 0 Å². The Labute approximate surface area is 119 Å². The first-order valence-corrected chi connectivity index (χ1v) is 6.50. The number of nitrogens with one attached hydrogen (secondary N) is 2. The van der Waals surface area contributed by atoms with Crippen molar-refractivity contribution < 1.29 is 13.2 Å². The van der Waals surface area contributed by atoms with Gasteiger partial charge >= 0.3 is 6.18 Å². The molecule has 2 nitrogen and oxygen atoms in total. The van der Waals surface area contributed by atoms with Gasteiger partial charge in [0, 0.05) is 23.3 Å². The van der Waals surface area contributed by atoms with E-state index in [-0.39, 0.29) is 11.4 Å². The summed E-state index contributed by atoms with van der Waals surface area (Å²) in [7, 11) is 0. The summed E-state index contributed by atoms with van der Waals surface area (Å²) in [6, 6.07) is 15.4. The number of rotatable bonds is 3. The minimum absolute atomic E-state index is 0.129. The van der Waals surface area contributed by atoms with Crippen molar-refractivity contribution in [2.45, 2.75) is 12.1 Å². The zero-order valence-corrected chi connectivity index (χ0v) is 11.0. The molecule has 0 saturated heterocycles. The minimum Gasteiger partial charge on any atom is -0.364 e. The Kier molecular flexibility index (Phi) is 3.33. The summed E-state index contributed by atoms with van der Waals surface area (Å²) in [6.45, 7) is 0. The molecule has 3 rings (SSSR count). The minimum atomic E-state index is -4.36. The van der Waals surface area contributed by atoms with E-state index in [1.54, 1.807) is 12.1 Å². The lowest BCUT2D eigenvalue weighted by molar-refractivity contribution is -0.142. The van der Waals surface area contributed by atoms with E-state index >= 15 is 0 Å². The fourth-order valence-electron chi connectivity index (χ4n) is 2.41. The Balaban J connectivity index is 2.00. The maximum Gasteiger partial charge on any atom is 0.402 e. The van der Waals surface area contributed by atoms with Crippen molar-refractivity contribution in [2.75, 3.05) is 0 Å². The molecule has 0 amide bonds. The van der Waals surface area contributed by atoms with Gasteiger partial charge < -0.3 is 9.97 Å². The summed E-state index contributed by atoms with van der Waals surface area (Å²) in [5.74, 6) is -1.68. The van der Waals surface area contributed by atoms with Crippen molar-refractivity contribution in [1.29, 1.82) is 0 Å². The lowest BCUT2D eigenvalue weighted by atomic mass is 10.0. The highest BCUT2D eigenvalue weighted by Crippen LogP contribution is 2.39. The Hall–Kier alpha value is -2.43. The molecule has 5 heteroatoms. The van der Waals surface area contributed by atoms with Crippen molar-refractivity contribution >= 4 is 0 Å². The van der Waals surface area contributed by atoms with Crippen molar-refractivity contribution in [3.63, 3.8) is 0 Å². The van der Waals surface area contributed by atoms with Gasteiger partial charge in [-0.1, -0.05) is 30.3 Å². The van der Waals surface area contributed by atoms with Crippen LogP contribution in [0.3, 0.4) is 0 Å². The van der Waals surface area contributed by atoms with Crippen LogP contribution in [0.4, 0.5) is 13.2 Å². The van der Waals surface area contributed by atoms with Crippen LogP contribution in [0.25, 0.3) is 11.3 Å². The van der Waals surface area contributed by atoms with Crippen LogP contribution in [0, 0.1) is 0 Å². The zero-order valence-electron chi connectivity index (χ0n) is 11.0. The van der Waals surface area contributed by atoms with Gasteiger partial charge in [-0.25, -0.2) is 0 Å². The van der Waals surface area contributed by atoms with Crippen LogP contribution >= 0.6 is 0 Å². The maximum absolute atomic E-state index is 13.3. The van der Waals surface area contributed by atoms with Crippen LogP contribution in [-0.2, 0) is 0 Å². The Morgan fingerprint density at radius 3 is 2.19 bits per heavy atom. The molecule has 108 valence electrons. The normalized spacial score (nSPS) is 13.3. The van der Waals surface area contributed by atoms with Gasteiger partial charge in [-0.05, 0) is 29.8 Å². The molecule has 0 fully saturated rings. The van der Waals surface area contributed by atoms with Crippen LogP contribution in [0.5, 0.6) is 0 Å². The van der Waals surface area contributed by atoms with Gasteiger partial charge in [0.2, 0.25) is 0 Å². The number of hydrogen-bond donors (Lipinski definition) is 2. The number of aromatic amines is 2. The quantitative estimate of drug-likeness (QED) is 0.700. The second kappa shape index (κ2) is 5.16. The lowest BCUT2D eigenvalue weighted by Gasteiger charge is -2.18. The van der Waals surface area contributed by atoms with Crippen molar-refractivity contribution in [2.24, 2.45) is 0 Å². The van der Waals surface area contributed by atoms with Gasteiger partial charge in [-0.15, -0.1) is 0 Å². The van der Waals surface area contributed by atoms with Crippen LogP contribution in [-0.4, -0.2) is 16.1 Å². The molecular weight excluding hydrogens is 277 g/mol. The summed E-state index contributed by atoms with van der Waals surface area (Å²) >= 11 is 0. The van der Waals surface area contributed by atoms with E-state index in [2.05, 4.69) is 9.97 Å². The second-order valence-electron chi connectivity index (χ2n) is 4.79. The molecular formula is C16H13F3N2. The standard InChI is InChI=1S/C16H13F3N2/c17-16(18,19)15(13-7-4-10-20-13)14-9-8-12(21-14)11-5-2-1-3-6-11/h1-10,15,20-21H. The molecule has 21 heavy (non-hydrogen) atoms. The summed E-state index contributed by atoms with van der Waals surface area (Å²) in [5.41, 5.74) is 1.79. The maximum atomic E-state index is 13.3. The summed E-state index contributed by atoms with van der Waals surface area (Å²) < 4.78 is 40.0. The Morgan fingerprint density at radius 1 is 0.810 bits per heavy atom. The van der Waals surface area contributed by atoms with E-state index in [1.165, 1.54) is 18.3 Å². The Morgan fingerprint density at radius 2 is 1.57 bits per heavy atom. The predicted molar refractivity (Wildman–Crippen MR) is 74.9 cm³/mol. The third-order valence-electron chi connectivity index (χ3n) is 3.36. The van der Waals surface area contributed by atoms with Crippen LogP contribution in [0.15, 0.2) is 60.8 Å². The predicted octanol–water partition coefficient (Wildman–Crippen LogP) is 4.70. The average Bonchev–Trinajstić information content (AvgIpc) is 3.10. The number of aromatic nitrogens is 2. The van der Waals surface area contributed by atoms with Gasteiger partial charge in [-0.2, -0.15) is 13.2 Å². The highest BCUT2D eigenvalue weighted by Gasteiger charge is 2.43. The first-order valence-electron chi connectivity index (χ1n) is 6.50. The second-order valence-corrected chi connectivity index (χ2v) is 4.79. The van der Waals surface area contributed by atoms with Gasteiger partial charge in [0.25, 0.3) is 0 Å². The summed E-state index contributed by atoms with van der Waals surface area (Å²) in [4.78, 5) is 5.54. The largest absolute Gasteiger partial charge is 0.402 e. The van der Waals surface area contributed by atoms with E-state index in [9.17, 15) is 13.2 Å². The molecule has 2 heterocycles. The van der Waals surface area contributed by atoms with E-state index in [0.29, 0.717) is 5.69 Å². The highest BCUT2D eigenvalue weighted by molar-refractivity contribution is 5.60. The highest BCUT2D eigenvalue weighted by atomic mass is 19.4. The number of hydrogen-bond acceptors (Lipinski definition) is 0. The molecule has 0 saturated carbocycles. The molecule has 0 aliphatic carbocycles. The van der Waals surface area contributed by atoms with Crippen LogP contribution in [0.1, 0.15) is 17.3 Å². The van der Waals surface area contributed by atoms with Crippen molar-refractivity contribution in [3.8, 4) is 11.3 Å². The molecule has 2 aromatic heterocycles. The van der Waals surface area contributed by atoms with E-state index in [1.807, 2.05) is 30.3 Å².